The van der Waals surface area contributed by atoms with Crippen LogP contribution >= 0.6 is 17.6 Å². The van der Waals surface area contributed by atoms with Crippen molar-refractivity contribution in [2.45, 2.75) is 38.3 Å². The van der Waals surface area contributed by atoms with E-state index in [-0.39, 0.29) is 0 Å². The topological polar surface area (TPSA) is 91.1 Å². The molecule has 0 radical (unpaired) electrons. The molecule has 1 aliphatic heterocycles. The molecule has 0 aliphatic carbocycles. The maximum atomic E-state index is 10.1. The second-order valence-corrected chi connectivity index (χ2v) is 16.4. The first kappa shape index (κ1) is 26.0. The van der Waals surface area contributed by atoms with Crippen molar-refractivity contribution in [2.24, 2.45) is 0 Å². The van der Waals surface area contributed by atoms with Crippen molar-refractivity contribution in [2.75, 3.05) is 43.6 Å². The van der Waals surface area contributed by atoms with Crippen molar-refractivity contribution < 1.29 is 5.11 Å². The molecule has 8 nitrogen and oxygen atoms in total. The molecule has 3 N–H and O–H groups in total. The average Bonchev–Trinajstić information content (AvgIpc) is 3.23. The summed E-state index contributed by atoms with van der Waals surface area (Å²) in [5, 5.41) is 22.8. The maximum absolute atomic E-state index is 10.1. The predicted octanol–water partition coefficient (Wildman–Crippen LogP) is 4.59. The van der Waals surface area contributed by atoms with Crippen LogP contribution in [0, 0.1) is 0 Å². The predicted molar refractivity (Wildman–Crippen MR) is 149 cm³/mol. The van der Waals surface area contributed by atoms with Crippen LogP contribution in [0.15, 0.2) is 42.9 Å². The lowest BCUT2D eigenvalue weighted by Crippen LogP contribution is -2.43. The molecular formula is C24H33ClN7OPS. The first-order valence-electron chi connectivity index (χ1n) is 11.7. The molecule has 0 amide bonds. The number of para-hydroxylation sites is 1. The highest BCUT2D eigenvalue weighted by Crippen LogP contribution is 2.39. The lowest BCUT2D eigenvalue weighted by atomic mass is 10.0. The van der Waals surface area contributed by atoms with Gasteiger partial charge >= 0.3 is 0 Å². The number of aliphatic hydroxyl groups is 1. The highest BCUT2D eigenvalue weighted by Gasteiger charge is 2.25. The Kier molecular flexibility index (Phi) is 7.83. The van der Waals surface area contributed by atoms with E-state index in [0.717, 1.165) is 42.6 Å². The van der Waals surface area contributed by atoms with Gasteiger partial charge in [0.25, 0.3) is 0 Å². The largest absolute Gasteiger partial charge is 0.389 e. The molecule has 0 bridgehead atoms. The molecule has 0 spiro atoms. The summed E-state index contributed by atoms with van der Waals surface area (Å²) in [6, 6.07) is 6.68. The Hall–Kier alpha value is -2.03. The molecule has 11 heteroatoms. The fraction of sp³-hybridized carbons (Fsp3) is 0.458. The molecule has 3 aromatic rings. The number of hydrogen-bond acceptors (Lipinski definition) is 8. The molecule has 1 fully saturated rings. The van der Waals surface area contributed by atoms with E-state index in [1.54, 1.807) is 12.4 Å². The minimum atomic E-state index is -1.66. The van der Waals surface area contributed by atoms with Crippen LogP contribution in [-0.4, -0.2) is 68.3 Å². The fourth-order valence-corrected chi connectivity index (χ4v) is 6.08. The smallest absolute Gasteiger partial charge is 0.229 e. The third-order valence-corrected chi connectivity index (χ3v) is 8.30. The minimum absolute atomic E-state index is 0.327. The van der Waals surface area contributed by atoms with Gasteiger partial charge in [-0.25, -0.2) is 4.98 Å². The highest BCUT2D eigenvalue weighted by atomic mass is 35.5. The summed E-state index contributed by atoms with van der Waals surface area (Å²) in [4.78, 5) is 11.2. The first-order chi connectivity index (χ1) is 16.5. The maximum Gasteiger partial charge on any atom is 0.229 e. The lowest BCUT2D eigenvalue weighted by molar-refractivity contribution is 0.0246. The number of benzene rings is 1. The third kappa shape index (κ3) is 7.02. The molecule has 0 saturated carbocycles. The van der Waals surface area contributed by atoms with E-state index in [4.69, 9.17) is 23.4 Å². The molecule has 3 heterocycles. The summed E-state index contributed by atoms with van der Waals surface area (Å²) >= 11 is 12.2. The second-order valence-electron chi connectivity index (χ2n) is 10.0. The number of piperidine rings is 1. The van der Waals surface area contributed by atoms with Gasteiger partial charge in [-0.05, 0) is 52.1 Å². The van der Waals surface area contributed by atoms with E-state index in [1.807, 2.05) is 42.9 Å². The van der Waals surface area contributed by atoms with Crippen molar-refractivity contribution in [3.05, 3.63) is 47.9 Å². The van der Waals surface area contributed by atoms with E-state index >= 15 is 0 Å². The van der Waals surface area contributed by atoms with Crippen LogP contribution in [0.25, 0.3) is 0 Å². The van der Waals surface area contributed by atoms with Gasteiger partial charge in [-0.1, -0.05) is 41.6 Å². The molecule has 1 saturated heterocycles. The van der Waals surface area contributed by atoms with Crippen LogP contribution in [-0.2, 0) is 11.8 Å². The summed E-state index contributed by atoms with van der Waals surface area (Å²) in [6.45, 7) is 10.5. The Bertz CT molecular complexity index is 1210. The normalized spacial score (nSPS) is 15.8. The Morgan fingerprint density at radius 3 is 2.57 bits per heavy atom. The number of aromatic nitrogens is 4. The Morgan fingerprint density at radius 2 is 1.89 bits per heavy atom. The van der Waals surface area contributed by atoms with Crippen LogP contribution in [0.2, 0.25) is 5.02 Å². The summed E-state index contributed by atoms with van der Waals surface area (Å²) in [5.74, 6) is 0.952. The molecule has 0 atom stereocenters. The summed E-state index contributed by atoms with van der Waals surface area (Å²) in [6.07, 6.45) is 7.33. The second kappa shape index (κ2) is 10.5. The van der Waals surface area contributed by atoms with Gasteiger partial charge in [-0.3, -0.25) is 4.68 Å². The first-order valence-corrected chi connectivity index (χ1v) is 15.8. The number of hydrogen-bond donors (Lipinski definition) is 3. The van der Waals surface area contributed by atoms with E-state index < -0.39 is 11.6 Å². The zero-order valence-corrected chi connectivity index (χ0v) is 23.0. The van der Waals surface area contributed by atoms with Crippen molar-refractivity contribution in [3.63, 3.8) is 0 Å². The number of β-amino-alcohol motifs (C(OH)–C–C–N with tert-alkyl or cyclic N) is 1. The summed E-state index contributed by atoms with van der Waals surface area (Å²) in [7, 11) is 0. The number of rotatable bonds is 8. The van der Waals surface area contributed by atoms with Crippen molar-refractivity contribution >= 4 is 57.9 Å². The standard InChI is InChI=1S/C24H33ClN7OPS/c1-24(2,33)16-31-11-9-18(10-12-31)32-15-17(13-27-32)28-23-26-14-19(25)22(30-23)29-20-7-5-6-8-21(20)34(3,4)35/h5-8,13-15,18,33H,9-12,16H2,1-4H3,(H2,26,28,29,30). The van der Waals surface area contributed by atoms with Crippen LogP contribution in [0.3, 0.4) is 0 Å². The minimum Gasteiger partial charge on any atom is -0.389 e. The zero-order chi connectivity index (χ0) is 25.2. The van der Waals surface area contributed by atoms with Gasteiger partial charge in [0.1, 0.15) is 5.02 Å². The van der Waals surface area contributed by atoms with Gasteiger partial charge in [-0.15, -0.1) is 0 Å². The number of likely N-dealkylation sites (tertiary alicyclic amines) is 1. The van der Waals surface area contributed by atoms with E-state index in [1.165, 1.54) is 0 Å². The van der Waals surface area contributed by atoms with Crippen LogP contribution in [0.1, 0.15) is 32.7 Å². The van der Waals surface area contributed by atoms with Gasteiger partial charge in [0.05, 0.1) is 29.7 Å². The summed E-state index contributed by atoms with van der Waals surface area (Å²) in [5.41, 5.74) is 1.05. The van der Waals surface area contributed by atoms with Gasteiger partial charge in [0, 0.05) is 36.8 Å². The molecule has 2 aromatic heterocycles. The molecular weight excluding hydrogens is 501 g/mol. The molecule has 35 heavy (non-hydrogen) atoms. The summed E-state index contributed by atoms with van der Waals surface area (Å²) < 4.78 is 2.00. The van der Waals surface area contributed by atoms with Crippen molar-refractivity contribution in [1.29, 1.82) is 0 Å². The molecule has 4 rings (SSSR count). The van der Waals surface area contributed by atoms with Gasteiger partial charge in [0.15, 0.2) is 5.82 Å². The Morgan fingerprint density at radius 1 is 1.17 bits per heavy atom. The van der Waals surface area contributed by atoms with Gasteiger partial charge < -0.3 is 20.6 Å². The van der Waals surface area contributed by atoms with Gasteiger partial charge in [0.2, 0.25) is 5.95 Å². The lowest BCUT2D eigenvalue weighted by Gasteiger charge is -2.35. The zero-order valence-electron chi connectivity index (χ0n) is 20.6. The highest BCUT2D eigenvalue weighted by molar-refractivity contribution is 8.17. The molecule has 0 unspecified atom stereocenters. The monoisotopic (exact) mass is 533 g/mol. The molecule has 1 aliphatic rings. The van der Waals surface area contributed by atoms with Crippen molar-refractivity contribution in [3.8, 4) is 0 Å². The number of halogens is 1. The van der Waals surface area contributed by atoms with Crippen LogP contribution in [0.5, 0.6) is 0 Å². The van der Waals surface area contributed by atoms with Crippen LogP contribution < -0.4 is 15.9 Å². The quantitative estimate of drug-likeness (QED) is 0.362. The van der Waals surface area contributed by atoms with E-state index in [2.05, 4.69) is 50.0 Å². The van der Waals surface area contributed by atoms with Crippen LogP contribution in [0.4, 0.5) is 23.1 Å². The van der Waals surface area contributed by atoms with E-state index in [0.29, 0.717) is 29.4 Å². The Labute approximate surface area is 217 Å². The van der Waals surface area contributed by atoms with E-state index in [9.17, 15) is 5.11 Å². The number of nitrogens with one attached hydrogen (secondary N) is 2. The SMILES string of the molecule is CC(C)(O)CN1CCC(n2cc(Nc3ncc(Cl)c(Nc4ccccc4P(C)(C)=S)n3)cn2)CC1. The van der Waals surface area contributed by atoms with Gasteiger partial charge in [-0.2, -0.15) is 10.1 Å². The Balaban J connectivity index is 1.43. The third-order valence-electron chi connectivity index (χ3n) is 5.88. The number of anilines is 4. The average molecular weight is 534 g/mol. The number of nitrogens with zero attached hydrogens (tertiary/aromatic N) is 5. The van der Waals surface area contributed by atoms with Crippen molar-refractivity contribution in [1.82, 2.24) is 24.6 Å². The molecule has 1 aromatic carbocycles. The molecule has 188 valence electrons. The fourth-order valence-electron chi connectivity index (χ4n) is 4.31.